The number of aliphatic carboxylic acids is 1. The predicted octanol–water partition coefficient (Wildman–Crippen LogP) is 1.55. The molecule has 0 spiro atoms. The Bertz CT molecular complexity index is 235. The zero-order valence-corrected chi connectivity index (χ0v) is 11.0. The monoisotopic (exact) mass is 231 g/mol. The smallest absolute Gasteiger partial charge is 0.303 e. The molecule has 0 heterocycles. The van der Waals surface area contributed by atoms with E-state index < -0.39 is 14.0 Å². The molecule has 4 nitrogen and oxygen atoms in total. The van der Waals surface area contributed by atoms with Crippen molar-refractivity contribution in [2.75, 3.05) is 6.54 Å². The van der Waals surface area contributed by atoms with E-state index in [9.17, 15) is 9.59 Å². The number of nitrogens with one attached hydrogen (secondary N) is 1. The number of rotatable bonds is 6. The molecule has 0 aromatic rings. The minimum Gasteiger partial charge on any atom is -0.481 e. The molecule has 0 rings (SSSR count). The Labute approximate surface area is 92.1 Å². The standard InChI is InChI=1S/C10H21NO3Si/c1-8(12)11-6-9(5-10(13)14)7-15(2,3)4/h9H,5-7H2,1-4H3,(H,11,12)(H,13,14). The first-order valence-corrected chi connectivity index (χ1v) is 8.87. The second-order valence-electron chi connectivity index (χ2n) is 5.17. The van der Waals surface area contributed by atoms with Crippen LogP contribution in [0.3, 0.4) is 0 Å². The van der Waals surface area contributed by atoms with E-state index in [1.54, 1.807) is 0 Å². The van der Waals surface area contributed by atoms with Crippen molar-refractivity contribution in [2.45, 2.75) is 39.0 Å². The average molecular weight is 231 g/mol. The molecule has 5 heteroatoms. The number of carbonyl (C=O) groups excluding carboxylic acids is 1. The van der Waals surface area contributed by atoms with Crippen LogP contribution in [0.4, 0.5) is 0 Å². The number of hydrogen-bond donors (Lipinski definition) is 2. The number of amides is 1. The number of carbonyl (C=O) groups is 2. The van der Waals surface area contributed by atoms with Crippen molar-refractivity contribution in [3.63, 3.8) is 0 Å². The van der Waals surface area contributed by atoms with E-state index in [2.05, 4.69) is 25.0 Å². The van der Waals surface area contributed by atoms with Gasteiger partial charge >= 0.3 is 5.97 Å². The van der Waals surface area contributed by atoms with Gasteiger partial charge in [-0.3, -0.25) is 9.59 Å². The van der Waals surface area contributed by atoms with E-state index in [0.717, 1.165) is 6.04 Å². The van der Waals surface area contributed by atoms with Gasteiger partial charge in [-0.25, -0.2) is 0 Å². The minimum atomic E-state index is -1.27. The summed E-state index contributed by atoms with van der Waals surface area (Å²) in [5, 5.41) is 11.4. The van der Waals surface area contributed by atoms with Gasteiger partial charge < -0.3 is 10.4 Å². The van der Waals surface area contributed by atoms with Crippen molar-refractivity contribution < 1.29 is 14.7 Å². The normalized spacial score (nSPS) is 13.3. The highest BCUT2D eigenvalue weighted by Crippen LogP contribution is 2.19. The minimum absolute atomic E-state index is 0.0677. The molecule has 0 aliphatic rings. The van der Waals surface area contributed by atoms with Gasteiger partial charge in [0, 0.05) is 28.0 Å². The largest absolute Gasteiger partial charge is 0.481 e. The number of carboxylic acid groups (broad SMARTS) is 1. The Balaban J connectivity index is 4.18. The molecule has 0 fully saturated rings. The maximum absolute atomic E-state index is 10.8. The molecule has 0 saturated carbocycles. The second-order valence-corrected chi connectivity index (χ2v) is 10.7. The van der Waals surface area contributed by atoms with Gasteiger partial charge in [0.05, 0.1) is 0 Å². The van der Waals surface area contributed by atoms with Crippen molar-refractivity contribution in [1.29, 1.82) is 0 Å². The van der Waals surface area contributed by atoms with Gasteiger partial charge in [-0.05, 0) is 5.92 Å². The molecule has 1 atom stereocenters. The first-order valence-electron chi connectivity index (χ1n) is 5.17. The number of carboxylic acids is 1. The van der Waals surface area contributed by atoms with Crippen LogP contribution in [0.25, 0.3) is 0 Å². The summed E-state index contributed by atoms with van der Waals surface area (Å²) in [7, 11) is -1.27. The Morgan fingerprint density at radius 2 is 1.87 bits per heavy atom. The summed E-state index contributed by atoms with van der Waals surface area (Å²) in [6.07, 6.45) is 0.143. The molecule has 0 aromatic carbocycles. The molecule has 1 unspecified atom stereocenters. The maximum atomic E-state index is 10.8. The molecule has 1 amide bonds. The van der Waals surface area contributed by atoms with Gasteiger partial charge in [0.15, 0.2) is 0 Å². The third-order valence-electron chi connectivity index (χ3n) is 2.00. The first kappa shape index (κ1) is 14.2. The fourth-order valence-corrected chi connectivity index (χ4v) is 3.64. The van der Waals surface area contributed by atoms with Crippen LogP contribution in [-0.2, 0) is 9.59 Å². The van der Waals surface area contributed by atoms with Crippen LogP contribution in [-0.4, -0.2) is 31.6 Å². The van der Waals surface area contributed by atoms with Crippen molar-refractivity contribution in [2.24, 2.45) is 5.92 Å². The molecule has 2 N–H and O–H groups in total. The Morgan fingerprint density at radius 1 is 1.33 bits per heavy atom. The van der Waals surface area contributed by atoms with Crippen LogP contribution in [0.2, 0.25) is 25.7 Å². The highest BCUT2D eigenvalue weighted by molar-refractivity contribution is 6.76. The average Bonchev–Trinajstić information content (AvgIpc) is 1.95. The summed E-state index contributed by atoms with van der Waals surface area (Å²) >= 11 is 0. The molecule has 0 aliphatic carbocycles. The molecule has 88 valence electrons. The summed E-state index contributed by atoms with van der Waals surface area (Å²) in [6, 6.07) is 0.930. The first-order chi connectivity index (χ1) is 6.70. The van der Waals surface area contributed by atoms with Gasteiger partial charge in [-0.2, -0.15) is 0 Å². The Hall–Kier alpha value is -0.843. The van der Waals surface area contributed by atoms with E-state index in [-0.39, 0.29) is 18.2 Å². The summed E-state index contributed by atoms with van der Waals surface area (Å²) in [6.45, 7) is 8.54. The molecular weight excluding hydrogens is 210 g/mol. The fraction of sp³-hybridized carbons (Fsp3) is 0.800. The van der Waals surface area contributed by atoms with Gasteiger partial charge in [0.2, 0.25) is 5.91 Å². The van der Waals surface area contributed by atoms with E-state index in [4.69, 9.17) is 5.11 Å². The molecule has 0 bridgehead atoms. The van der Waals surface area contributed by atoms with Gasteiger partial charge in [0.25, 0.3) is 0 Å². The van der Waals surface area contributed by atoms with Crippen molar-refractivity contribution in [3.05, 3.63) is 0 Å². The van der Waals surface area contributed by atoms with E-state index in [0.29, 0.717) is 6.54 Å². The van der Waals surface area contributed by atoms with Gasteiger partial charge in [0.1, 0.15) is 0 Å². The van der Waals surface area contributed by atoms with Crippen LogP contribution in [0, 0.1) is 5.92 Å². The quantitative estimate of drug-likeness (QED) is 0.682. The van der Waals surface area contributed by atoms with Crippen molar-refractivity contribution in [1.82, 2.24) is 5.32 Å². The fourth-order valence-electron chi connectivity index (χ4n) is 1.62. The highest BCUT2D eigenvalue weighted by Gasteiger charge is 2.22. The highest BCUT2D eigenvalue weighted by atomic mass is 28.3. The molecule has 0 saturated heterocycles. The number of hydrogen-bond acceptors (Lipinski definition) is 2. The molecule has 15 heavy (non-hydrogen) atoms. The molecule has 0 aromatic heterocycles. The predicted molar refractivity (Wildman–Crippen MR) is 62.6 cm³/mol. The van der Waals surface area contributed by atoms with E-state index in [1.807, 2.05) is 0 Å². The zero-order valence-electron chi connectivity index (χ0n) is 9.96. The van der Waals surface area contributed by atoms with Crippen LogP contribution in [0.15, 0.2) is 0 Å². The lowest BCUT2D eigenvalue weighted by Crippen LogP contribution is -2.33. The maximum Gasteiger partial charge on any atom is 0.303 e. The lowest BCUT2D eigenvalue weighted by molar-refractivity contribution is -0.138. The van der Waals surface area contributed by atoms with Gasteiger partial charge in [-0.1, -0.05) is 25.7 Å². The van der Waals surface area contributed by atoms with Gasteiger partial charge in [-0.15, -0.1) is 0 Å². The Kier molecular flexibility index (Phi) is 5.57. The summed E-state index contributed by atoms with van der Waals surface area (Å²) in [4.78, 5) is 21.4. The lowest BCUT2D eigenvalue weighted by Gasteiger charge is -2.23. The molecule has 0 radical (unpaired) electrons. The third kappa shape index (κ3) is 9.46. The summed E-state index contributed by atoms with van der Waals surface area (Å²) in [5.74, 6) is -0.817. The van der Waals surface area contributed by atoms with E-state index >= 15 is 0 Å². The zero-order chi connectivity index (χ0) is 12.1. The van der Waals surface area contributed by atoms with Crippen molar-refractivity contribution in [3.8, 4) is 0 Å². The van der Waals surface area contributed by atoms with Crippen molar-refractivity contribution >= 4 is 20.0 Å². The Morgan fingerprint density at radius 3 is 2.20 bits per heavy atom. The van der Waals surface area contributed by atoms with Crippen LogP contribution in [0.1, 0.15) is 13.3 Å². The van der Waals surface area contributed by atoms with Crippen LogP contribution in [0.5, 0.6) is 0 Å². The lowest BCUT2D eigenvalue weighted by atomic mass is 10.1. The van der Waals surface area contributed by atoms with Crippen LogP contribution < -0.4 is 5.32 Å². The third-order valence-corrected chi connectivity index (χ3v) is 3.81. The van der Waals surface area contributed by atoms with Crippen LogP contribution >= 0.6 is 0 Å². The van der Waals surface area contributed by atoms with E-state index in [1.165, 1.54) is 6.92 Å². The molecular formula is C10H21NO3Si. The summed E-state index contributed by atoms with van der Waals surface area (Å²) in [5.41, 5.74) is 0. The SMILES string of the molecule is CC(=O)NCC(CC(=O)O)C[Si](C)(C)C. The summed E-state index contributed by atoms with van der Waals surface area (Å²) < 4.78 is 0. The second kappa shape index (κ2) is 5.90. The molecule has 0 aliphatic heterocycles. The topological polar surface area (TPSA) is 66.4 Å².